The Morgan fingerprint density at radius 3 is 2.93 bits per heavy atom. The second kappa shape index (κ2) is 4.59. The number of ether oxygens (including phenoxy) is 2. The van der Waals surface area contributed by atoms with Crippen LogP contribution < -0.4 is 0 Å². The van der Waals surface area contributed by atoms with Crippen LogP contribution >= 0.6 is 22.6 Å². The second-order valence-electron chi connectivity index (χ2n) is 3.45. The highest BCUT2D eigenvalue weighted by atomic mass is 127. The highest BCUT2D eigenvalue weighted by Gasteiger charge is 2.23. The Morgan fingerprint density at radius 2 is 2.29 bits per heavy atom. The summed E-state index contributed by atoms with van der Waals surface area (Å²) >= 11 is 2.34. The summed E-state index contributed by atoms with van der Waals surface area (Å²) in [7, 11) is 0. The fourth-order valence-electron chi connectivity index (χ4n) is 1.31. The molecule has 0 bridgehead atoms. The van der Waals surface area contributed by atoms with Crippen LogP contribution in [0.4, 0.5) is 0 Å². The van der Waals surface area contributed by atoms with Crippen LogP contribution in [-0.4, -0.2) is 19.3 Å². The molecule has 1 heterocycles. The first-order valence-corrected chi connectivity index (χ1v) is 5.83. The smallest absolute Gasteiger partial charge is 0.104 e. The van der Waals surface area contributed by atoms with E-state index in [1.807, 2.05) is 12.1 Å². The summed E-state index contributed by atoms with van der Waals surface area (Å²) in [5.74, 6) is 0. The van der Waals surface area contributed by atoms with Crippen LogP contribution in [-0.2, 0) is 9.47 Å². The summed E-state index contributed by atoms with van der Waals surface area (Å²) in [4.78, 5) is 0. The van der Waals surface area contributed by atoms with E-state index in [9.17, 15) is 0 Å². The summed E-state index contributed by atoms with van der Waals surface area (Å²) < 4.78 is 12.1. The van der Waals surface area contributed by atoms with Gasteiger partial charge in [0.2, 0.25) is 0 Å². The van der Waals surface area contributed by atoms with E-state index in [0.29, 0.717) is 12.7 Å². The van der Waals surface area contributed by atoms with Gasteiger partial charge in [0.05, 0.1) is 19.3 Å². The third-order valence-electron chi connectivity index (χ3n) is 2.28. The number of hydrogen-bond acceptors (Lipinski definition) is 2. The van der Waals surface area contributed by atoms with Crippen molar-refractivity contribution in [3.05, 3.63) is 33.4 Å². The topological polar surface area (TPSA) is 21.8 Å². The summed E-state index contributed by atoms with van der Waals surface area (Å²) in [5.41, 5.74) is 1.26. The summed E-state index contributed by atoms with van der Waals surface area (Å²) in [6.07, 6.45) is 0.506. The van der Waals surface area contributed by atoms with Crippen molar-refractivity contribution in [1.29, 1.82) is 0 Å². The zero-order valence-electron chi connectivity index (χ0n) is 8.07. The average molecular weight is 304 g/mol. The molecule has 1 fully saturated rings. The van der Waals surface area contributed by atoms with E-state index < -0.39 is 0 Å². The minimum absolute atomic E-state index is 0.160. The van der Waals surface area contributed by atoms with Crippen molar-refractivity contribution in [2.75, 3.05) is 13.2 Å². The molecule has 1 aromatic rings. The van der Waals surface area contributed by atoms with Gasteiger partial charge in [-0.15, -0.1) is 0 Å². The summed E-state index contributed by atoms with van der Waals surface area (Å²) in [6.45, 7) is 3.66. The quantitative estimate of drug-likeness (QED) is 0.630. The molecule has 1 aliphatic heterocycles. The average Bonchev–Trinajstić information content (AvgIpc) is 2.98. The van der Waals surface area contributed by atoms with Gasteiger partial charge in [-0.05, 0) is 41.1 Å². The molecule has 0 aliphatic carbocycles. The van der Waals surface area contributed by atoms with Crippen LogP contribution in [0.15, 0.2) is 24.3 Å². The molecule has 2 nitrogen and oxygen atoms in total. The number of epoxide rings is 1. The standard InChI is InChI=1S/C11H13IO2/c1-8(13-6-9-7-14-9)10-4-2-3-5-11(10)12/h2-5,8-9H,6-7H2,1H3/t8?,9-/m0/s1. The fraction of sp³-hybridized carbons (Fsp3) is 0.455. The molecule has 0 saturated carbocycles. The molecule has 0 radical (unpaired) electrons. The van der Waals surface area contributed by atoms with E-state index in [-0.39, 0.29) is 6.10 Å². The molecule has 0 N–H and O–H groups in total. The zero-order chi connectivity index (χ0) is 9.97. The van der Waals surface area contributed by atoms with Gasteiger partial charge in [0.1, 0.15) is 6.10 Å². The highest BCUT2D eigenvalue weighted by molar-refractivity contribution is 14.1. The van der Waals surface area contributed by atoms with E-state index >= 15 is 0 Å². The van der Waals surface area contributed by atoms with Crippen LogP contribution in [0.1, 0.15) is 18.6 Å². The van der Waals surface area contributed by atoms with Gasteiger partial charge >= 0.3 is 0 Å². The van der Waals surface area contributed by atoms with E-state index in [1.165, 1.54) is 9.13 Å². The summed E-state index contributed by atoms with van der Waals surface area (Å²) in [5, 5.41) is 0. The van der Waals surface area contributed by atoms with Crippen molar-refractivity contribution in [1.82, 2.24) is 0 Å². The minimum atomic E-state index is 0.160. The second-order valence-corrected chi connectivity index (χ2v) is 4.61. The van der Waals surface area contributed by atoms with Gasteiger partial charge in [-0.1, -0.05) is 18.2 Å². The number of rotatable bonds is 4. The van der Waals surface area contributed by atoms with E-state index in [0.717, 1.165) is 6.61 Å². The summed E-state index contributed by atoms with van der Waals surface area (Å²) in [6, 6.07) is 8.30. The van der Waals surface area contributed by atoms with E-state index in [2.05, 4.69) is 41.6 Å². The van der Waals surface area contributed by atoms with Crippen molar-refractivity contribution in [3.8, 4) is 0 Å². The normalized spacial score (nSPS) is 22.0. The third-order valence-corrected chi connectivity index (χ3v) is 3.26. The van der Waals surface area contributed by atoms with Crippen molar-refractivity contribution >= 4 is 22.6 Å². The Kier molecular flexibility index (Phi) is 3.41. The Labute approximate surface area is 97.7 Å². The lowest BCUT2D eigenvalue weighted by Gasteiger charge is -2.13. The molecular weight excluding hydrogens is 291 g/mol. The van der Waals surface area contributed by atoms with Gasteiger partial charge in [0.25, 0.3) is 0 Å². The predicted molar refractivity (Wildman–Crippen MR) is 63.3 cm³/mol. The number of benzene rings is 1. The van der Waals surface area contributed by atoms with Crippen molar-refractivity contribution in [3.63, 3.8) is 0 Å². The monoisotopic (exact) mass is 304 g/mol. The minimum Gasteiger partial charge on any atom is -0.371 e. The Hall–Kier alpha value is -0.130. The molecule has 0 aromatic heterocycles. The Morgan fingerprint density at radius 1 is 1.57 bits per heavy atom. The molecular formula is C11H13IO2. The highest BCUT2D eigenvalue weighted by Crippen LogP contribution is 2.23. The molecule has 76 valence electrons. The first kappa shape index (κ1) is 10.4. The molecule has 0 amide bonds. The van der Waals surface area contributed by atoms with Gasteiger partial charge in [-0.2, -0.15) is 0 Å². The zero-order valence-corrected chi connectivity index (χ0v) is 10.2. The lowest BCUT2D eigenvalue weighted by molar-refractivity contribution is 0.0535. The number of hydrogen-bond donors (Lipinski definition) is 0. The van der Waals surface area contributed by atoms with Crippen molar-refractivity contribution in [2.24, 2.45) is 0 Å². The lowest BCUT2D eigenvalue weighted by atomic mass is 10.1. The molecule has 1 aromatic carbocycles. The van der Waals surface area contributed by atoms with E-state index in [4.69, 9.17) is 9.47 Å². The van der Waals surface area contributed by atoms with Crippen molar-refractivity contribution in [2.45, 2.75) is 19.1 Å². The van der Waals surface area contributed by atoms with Crippen LogP contribution in [0.25, 0.3) is 0 Å². The SMILES string of the molecule is CC(OC[C@H]1CO1)c1ccccc1I. The van der Waals surface area contributed by atoms with Gasteiger partial charge in [-0.3, -0.25) is 0 Å². The molecule has 2 rings (SSSR count). The van der Waals surface area contributed by atoms with Crippen LogP contribution in [0.5, 0.6) is 0 Å². The fourth-order valence-corrected chi connectivity index (χ4v) is 2.14. The Bertz CT molecular complexity index is 310. The maximum atomic E-state index is 5.70. The van der Waals surface area contributed by atoms with Crippen molar-refractivity contribution < 1.29 is 9.47 Å². The van der Waals surface area contributed by atoms with Crippen LogP contribution in [0.3, 0.4) is 0 Å². The lowest BCUT2D eigenvalue weighted by Crippen LogP contribution is -2.07. The Balaban J connectivity index is 1.95. The van der Waals surface area contributed by atoms with Crippen LogP contribution in [0, 0.1) is 3.57 Å². The molecule has 0 spiro atoms. The first-order valence-electron chi connectivity index (χ1n) is 4.75. The third kappa shape index (κ3) is 2.68. The van der Waals surface area contributed by atoms with E-state index in [1.54, 1.807) is 0 Å². The molecule has 1 saturated heterocycles. The maximum Gasteiger partial charge on any atom is 0.104 e. The van der Waals surface area contributed by atoms with Gasteiger partial charge in [-0.25, -0.2) is 0 Å². The van der Waals surface area contributed by atoms with Gasteiger partial charge < -0.3 is 9.47 Å². The predicted octanol–water partition coefficient (Wildman–Crippen LogP) is 2.77. The largest absolute Gasteiger partial charge is 0.371 e. The molecule has 1 unspecified atom stereocenters. The molecule has 14 heavy (non-hydrogen) atoms. The molecule has 2 atom stereocenters. The van der Waals surface area contributed by atoms with Crippen LogP contribution in [0.2, 0.25) is 0 Å². The first-order chi connectivity index (χ1) is 6.77. The molecule has 1 aliphatic rings. The van der Waals surface area contributed by atoms with Gasteiger partial charge in [0.15, 0.2) is 0 Å². The number of halogens is 1. The molecule has 3 heteroatoms. The van der Waals surface area contributed by atoms with Gasteiger partial charge in [0, 0.05) is 3.57 Å². The maximum absolute atomic E-state index is 5.70.